The third-order valence-corrected chi connectivity index (χ3v) is 5.02. The highest BCUT2D eigenvalue weighted by molar-refractivity contribution is 6.21. The number of rotatable bonds is 5. The van der Waals surface area contributed by atoms with E-state index in [4.69, 9.17) is 0 Å². The lowest BCUT2D eigenvalue weighted by Gasteiger charge is -2.19. The number of fused-ring (bicyclic) bond motifs is 1. The number of hydrogen-bond donors (Lipinski definition) is 0. The van der Waals surface area contributed by atoms with Gasteiger partial charge in [-0.1, -0.05) is 73.7 Å². The highest BCUT2D eigenvalue weighted by Gasteiger charge is 2.35. The van der Waals surface area contributed by atoms with E-state index in [9.17, 15) is 9.59 Å². The molecule has 1 aliphatic rings. The molecule has 0 aromatic heterocycles. The van der Waals surface area contributed by atoms with Gasteiger partial charge in [0.1, 0.15) is 0 Å². The van der Waals surface area contributed by atoms with E-state index in [0.717, 1.165) is 6.42 Å². The Kier molecular flexibility index (Phi) is 4.59. The molecule has 0 bridgehead atoms. The van der Waals surface area contributed by atoms with Crippen molar-refractivity contribution in [1.29, 1.82) is 0 Å². The molecule has 27 heavy (non-hydrogen) atoms. The van der Waals surface area contributed by atoms with Crippen LogP contribution < -0.4 is 0 Å². The maximum Gasteiger partial charge on any atom is 0.261 e. The molecule has 3 heteroatoms. The lowest BCUT2D eigenvalue weighted by Crippen LogP contribution is -2.34. The SMILES string of the molecule is C[C@@H](Cc1ccc(-c2ccccc2)cc1)CN1C(=O)c2ccccc2C1=O. The van der Waals surface area contributed by atoms with Gasteiger partial charge in [-0.25, -0.2) is 0 Å². The first-order valence-electron chi connectivity index (χ1n) is 9.23. The summed E-state index contributed by atoms with van der Waals surface area (Å²) in [6.07, 6.45) is 0.822. The summed E-state index contributed by atoms with van der Waals surface area (Å²) in [6, 6.07) is 25.8. The van der Waals surface area contributed by atoms with Crippen LogP contribution in [0, 0.1) is 5.92 Å². The van der Waals surface area contributed by atoms with Crippen LogP contribution in [0.4, 0.5) is 0 Å². The maximum atomic E-state index is 12.5. The smallest absolute Gasteiger partial charge is 0.261 e. The predicted molar refractivity (Wildman–Crippen MR) is 107 cm³/mol. The molecular formula is C24H21NO2. The van der Waals surface area contributed by atoms with Crippen molar-refractivity contribution in [3.8, 4) is 11.1 Å². The van der Waals surface area contributed by atoms with E-state index in [-0.39, 0.29) is 17.7 Å². The van der Waals surface area contributed by atoms with Gasteiger partial charge < -0.3 is 0 Å². The quantitative estimate of drug-likeness (QED) is 0.615. The fraction of sp³-hybridized carbons (Fsp3) is 0.167. The van der Waals surface area contributed by atoms with E-state index in [1.165, 1.54) is 21.6 Å². The molecule has 0 unspecified atom stereocenters. The zero-order valence-electron chi connectivity index (χ0n) is 15.3. The van der Waals surface area contributed by atoms with E-state index in [1.807, 2.05) is 18.2 Å². The molecular weight excluding hydrogens is 334 g/mol. The Morgan fingerprint density at radius 1 is 0.704 bits per heavy atom. The molecule has 0 saturated heterocycles. The first kappa shape index (κ1) is 17.2. The van der Waals surface area contributed by atoms with Crippen LogP contribution in [0.3, 0.4) is 0 Å². The van der Waals surface area contributed by atoms with Gasteiger partial charge in [0.05, 0.1) is 11.1 Å². The average Bonchev–Trinajstić information content (AvgIpc) is 2.94. The van der Waals surface area contributed by atoms with Crippen LogP contribution in [0.25, 0.3) is 11.1 Å². The van der Waals surface area contributed by atoms with Crippen LogP contribution in [0.2, 0.25) is 0 Å². The Hall–Kier alpha value is -3.20. The molecule has 0 aliphatic carbocycles. The summed E-state index contributed by atoms with van der Waals surface area (Å²) in [6.45, 7) is 2.52. The van der Waals surface area contributed by atoms with Crippen molar-refractivity contribution in [2.24, 2.45) is 5.92 Å². The van der Waals surface area contributed by atoms with Gasteiger partial charge in [0.15, 0.2) is 0 Å². The van der Waals surface area contributed by atoms with Crippen molar-refractivity contribution < 1.29 is 9.59 Å². The maximum absolute atomic E-state index is 12.5. The van der Waals surface area contributed by atoms with Gasteiger partial charge in [-0.15, -0.1) is 0 Å². The summed E-state index contributed by atoms with van der Waals surface area (Å²) >= 11 is 0. The van der Waals surface area contributed by atoms with E-state index >= 15 is 0 Å². The van der Waals surface area contributed by atoms with Crippen molar-refractivity contribution in [1.82, 2.24) is 4.90 Å². The molecule has 0 N–H and O–H groups in total. The van der Waals surface area contributed by atoms with Gasteiger partial charge in [0.25, 0.3) is 11.8 Å². The average molecular weight is 355 g/mol. The van der Waals surface area contributed by atoms with Crippen molar-refractivity contribution in [2.75, 3.05) is 6.54 Å². The number of hydrogen-bond acceptors (Lipinski definition) is 2. The standard InChI is InChI=1S/C24H21NO2/c1-17(16-25-23(26)21-9-5-6-10-22(21)24(25)27)15-18-11-13-20(14-12-18)19-7-3-2-4-8-19/h2-14,17H,15-16H2,1H3/t17-/m0/s1. The Balaban J connectivity index is 1.42. The molecule has 1 heterocycles. The lowest BCUT2D eigenvalue weighted by molar-refractivity contribution is 0.0632. The molecule has 3 aromatic carbocycles. The van der Waals surface area contributed by atoms with E-state index < -0.39 is 0 Å². The van der Waals surface area contributed by atoms with Gasteiger partial charge in [-0.3, -0.25) is 14.5 Å². The number of carbonyl (C=O) groups excluding carboxylic acids is 2. The molecule has 0 radical (unpaired) electrons. The Morgan fingerprint density at radius 2 is 1.22 bits per heavy atom. The second-order valence-corrected chi connectivity index (χ2v) is 7.14. The topological polar surface area (TPSA) is 37.4 Å². The molecule has 0 saturated carbocycles. The second-order valence-electron chi connectivity index (χ2n) is 7.14. The summed E-state index contributed by atoms with van der Waals surface area (Å²) in [5.74, 6) is -0.168. The van der Waals surface area contributed by atoms with Gasteiger partial charge >= 0.3 is 0 Å². The number of amides is 2. The molecule has 3 aromatic rings. The zero-order chi connectivity index (χ0) is 18.8. The van der Waals surface area contributed by atoms with E-state index in [1.54, 1.807) is 24.3 Å². The lowest BCUT2D eigenvalue weighted by atomic mass is 9.98. The van der Waals surface area contributed by atoms with E-state index in [0.29, 0.717) is 17.7 Å². The van der Waals surface area contributed by atoms with Crippen LogP contribution in [0.5, 0.6) is 0 Å². The minimum absolute atomic E-state index is 0.179. The summed E-state index contributed by atoms with van der Waals surface area (Å²) < 4.78 is 0. The van der Waals surface area contributed by atoms with Gasteiger partial charge in [-0.05, 0) is 41.2 Å². The highest BCUT2D eigenvalue weighted by atomic mass is 16.2. The molecule has 3 nitrogen and oxygen atoms in total. The summed E-state index contributed by atoms with van der Waals surface area (Å²) in [7, 11) is 0. The van der Waals surface area contributed by atoms with E-state index in [2.05, 4.69) is 43.3 Å². The fourth-order valence-corrected chi connectivity index (χ4v) is 3.65. The number of nitrogens with zero attached hydrogens (tertiary/aromatic N) is 1. The van der Waals surface area contributed by atoms with Crippen molar-refractivity contribution in [2.45, 2.75) is 13.3 Å². The van der Waals surface area contributed by atoms with Gasteiger partial charge in [0.2, 0.25) is 0 Å². The van der Waals surface area contributed by atoms with Crippen LogP contribution in [0.15, 0.2) is 78.9 Å². The molecule has 0 fully saturated rings. The largest absolute Gasteiger partial charge is 0.274 e. The Morgan fingerprint density at radius 3 is 1.81 bits per heavy atom. The molecule has 4 rings (SSSR count). The molecule has 1 aliphatic heterocycles. The van der Waals surface area contributed by atoms with Crippen LogP contribution >= 0.6 is 0 Å². The summed E-state index contributed by atoms with van der Waals surface area (Å²) in [5, 5.41) is 0. The minimum Gasteiger partial charge on any atom is -0.274 e. The first-order valence-corrected chi connectivity index (χ1v) is 9.23. The summed E-state index contributed by atoms with van der Waals surface area (Å²) in [5.41, 5.74) is 4.62. The molecule has 2 amide bonds. The third kappa shape index (κ3) is 3.41. The van der Waals surface area contributed by atoms with Crippen molar-refractivity contribution in [3.63, 3.8) is 0 Å². The molecule has 134 valence electrons. The fourth-order valence-electron chi connectivity index (χ4n) is 3.65. The Bertz CT molecular complexity index is 942. The number of imide groups is 1. The van der Waals surface area contributed by atoms with Crippen molar-refractivity contribution in [3.05, 3.63) is 95.6 Å². The normalized spacial score (nSPS) is 14.3. The number of carbonyl (C=O) groups is 2. The Labute approximate surface area is 159 Å². The van der Waals surface area contributed by atoms with Crippen LogP contribution in [-0.4, -0.2) is 23.3 Å². The highest BCUT2D eigenvalue weighted by Crippen LogP contribution is 2.25. The van der Waals surface area contributed by atoms with Gasteiger partial charge in [-0.2, -0.15) is 0 Å². The second kappa shape index (κ2) is 7.20. The minimum atomic E-state index is -0.179. The third-order valence-electron chi connectivity index (χ3n) is 5.02. The zero-order valence-corrected chi connectivity index (χ0v) is 15.3. The van der Waals surface area contributed by atoms with Crippen molar-refractivity contribution >= 4 is 11.8 Å². The molecule has 0 spiro atoms. The summed E-state index contributed by atoms with van der Waals surface area (Å²) in [4.78, 5) is 26.4. The molecule has 1 atom stereocenters. The first-order chi connectivity index (χ1) is 13.1. The predicted octanol–water partition coefficient (Wildman–Crippen LogP) is 4.83. The monoisotopic (exact) mass is 355 g/mol. The van der Waals surface area contributed by atoms with Crippen LogP contribution in [-0.2, 0) is 6.42 Å². The van der Waals surface area contributed by atoms with Crippen LogP contribution in [0.1, 0.15) is 33.2 Å². The number of benzene rings is 3. The van der Waals surface area contributed by atoms with Gasteiger partial charge in [0, 0.05) is 6.54 Å².